The van der Waals surface area contributed by atoms with Crippen LogP contribution in [0.3, 0.4) is 0 Å². The van der Waals surface area contributed by atoms with Crippen molar-refractivity contribution in [1.29, 1.82) is 0 Å². The summed E-state index contributed by atoms with van der Waals surface area (Å²) in [5.41, 5.74) is 2.18. The lowest BCUT2D eigenvalue weighted by atomic mass is 10.0. The van der Waals surface area contributed by atoms with Crippen LogP contribution in [-0.4, -0.2) is 25.9 Å². The Hall–Kier alpha value is -6.54. The number of carbonyl (C=O) groups excluding carboxylic acids is 1. The fourth-order valence-electron chi connectivity index (χ4n) is 4.93. The minimum atomic E-state index is -4.71. The molecule has 0 aliphatic heterocycles. The van der Waals surface area contributed by atoms with Crippen molar-refractivity contribution in [2.24, 2.45) is 0 Å². The van der Waals surface area contributed by atoms with Gasteiger partial charge in [-0.2, -0.15) is 8.42 Å². The van der Waals surface area contributed by atoms with Gasteiger partial charge in [-0.25, -0.2) is 0 Å². The van der Waals surface area contributed by atoms with Gasteiger partial charge in [-0.05, 0) is 134 Å². The van der Waals surface area contributed by atoms with Gasteiger partial charge in [0, 0.05) is 17.2 Å². The molecule has 51 heavy (non-hydrogen) atoms. The monoisotopic (exact) mass is 698 g/mol. The molecule has 0 atom stereocenters. The van der Waals surface area contributed by atoms with Crippen LogP contribution >= 0.6 is 0 Å². The number of methoxy groups -OCH3 is 1. The summed E-state index contributed by atoms with van der Waals surface area (Å²) in [6.07, 6.45) is 5.57. The third kappa shape index (κ3) is 8.55. The van der Waals surface area contributed by atoms with Crippen molar-refractivity contribution in [3.05, 3.63) is 156 Å². The van der Waals surface area contributed by atoms with E-state index in [2.05, 4.69) is 5.92 Å². The molecule has 0 unspecified atom stereocenters. The highest BCUT2D eigenvalue weighted by Crippen LogP contribution is 2.35. The van der Waals surface area contributed by atoms with Crippen LogP contribution in [0.15, 0.2) is 138 Å². The van der Waals surface area contributed by atoms with E-state index in [9.17, 15) is 17.8 Å². The average Bonchev–Trinajstić information content (AvgIpc) is 3.13. The van der Waals surface area contributed by atoms with Gasteiger partial charge < -0.3 is 23.7 Å². The molecule has 0 saturated carbocycles. The average molecular weight is 699 g/mol. The quantitative estimate of drug-likeness (QED) is 0.0757. The molecule has 10 heteroatoms. The summed E-state index contributed by atoms with van der Waals surface area (Å²) < 4.78 is 63.1. The fourth-order valence-corrected chi connectivity index (χ4v) is 5.56. The molecule has 0 aromatic heterocycles. The van der Waals surface area contributed by atoms with Gasteiger partial charge in [-0.1, -0.05) is 12.0 Å². The van der Waals surface area contributed by atoms with Crippen molar-refractivity contribution in [2.75, 3.05) is 7.11 Å². The van der Waals surface area contributed by atoms with Crippen molar-refractivity contribution in [3.8, 4) is 64.1 Å². The van der Waals surface area contributed by atoms with E-state index in [1.807, 2.05) is 37.3 Å². The Morgan fingerprint density at radius 3 is 1.47 bits per heavy atom. The van der Waals surface area contributed by atoms with E-state index in [1.54, 1.807) is 79.9 Å². The van der Waals surface area contributed by atoms with E-state index < -0.39 is 15.0 Å². The Morgan fingerprint density at radius 2 is 1.00 bits per heavy atom. The van der Waals surface area contributed by atoms with Crippen molar-refractivity contribution < 1.29 is 41.4 Å². The second kappa shape index (κ2) is 14.9. The molecule has 0 amide bonds. The van der Waals surface area contributed by atoms with E-state index in [4.69, 9.17) is 30.1 Å². The zero-order valence-electron chi connectivity index (χ0n) is 27.4. The third-order valence-corrected chi connectivity index (χ3v) is 8.40. The Morgan fingerprint density at radius 1 is 0.569 bits per heavy atom. The predicted octanol–water partition coefficient (Wildman–Crippen LogP) is 9.63. The predicted molar refractivity (Wildman–Crippen MR) is 191 cm³/mol. The van der Waals surface area contributed by atoms with Gasteiger partial charge in [0.05, 0.1) is 12.7 Å². The summed E-state index contributed by atoms with van der Waals surface area (Å²) in [5.74, 6) is 6.06. The number of hydrogen-bond donors (Lipinski definition) is 1. The van der Waals surface area contributed by atoms with Crippen molar-refractivity contribution in [1.82, 2.24) is 0 Å². The van der Waals surface area contributed by atoms with Crippen LogP contribution in [0.1, 0.15) is 27.0 Å². The number of ether oxygens (including phenoxy) is 5. The molecule has 6 aromatic carbocycles. The lowest BCUT2D eigenvalue weighted by Crippen LogP contribution is -2.03. The molecule has 0 spiro atoms. The molecule has 6 aromatic rings. The number of ketones is 1. The highest BCUT2D eigenvalue weighted by atomic mass is 32.2. The first-order valence-corrected chi connectivity index (χ1v) is 16.9. The Kier molecular flexibility index (Phi) is 10.0. The second-order valence-corrected chi connectivity index (χ2v) is 12.6. The van der Waals surface area contributed by atoms with Gasteiger partial charge in [0.2, 0.25) is 0 Å². The molecule has 254 valence electrons. The van der Waals surface area contributed by atoms with Gasteiger partial charge in [0.1, 0.15) is 56.6 Å². The zero-order valence-corrected chi connectivity index (χ0v) is 28.2. The molecular weight excluding hydrogens is 669 g/mol. The van der Waals surface area contributed by atoms with E-state index in [1.165, 1.54) is 24.3 Å². The largest absolute Gasteiger partial charge is 0.497 e. The number of hydrogen-bond acceptors (Lipinski definition) is 8. The van der Waals surface area contributed by atoms with Crippen LogP contribution < -0.4 is 23.7 Å². The van der Waals surface area contributed by atoms with E-state index >= 15 is 0 Å². The van der Waals surface area contributed by atoms with Gasteiger partial charge in [0.15, 0.2) is 5.78 Å². The van der Waals surface area contributed by atoms with Gasteiger partial charge in [-0.15, -0.1) is 6.42 Å². The number of benzene rings is 6. The van der Waals surface area contributed by atoms with Crippen LogP contribution in [0.2, 0.25) is 0 Å². The maximum Gasteiger partial charge on any atom is 0.298 e. The number of aryl methyl sites for hydroxylation is 1. The Bertz CT molecular complexity index is 2330. The maximum absolute atomic E-state index is 13.2. The van der Waals surface area contributed by atoms with Crippen LogP contribution in [0.5, 0.6) is 51.7 Å². The molecule has 9 nitrogen and oxygen atoms in total. The highest BCUT2D eigenvalue weighted by Gasteiger charge is 2.20. The molecule has 0 heterocycles. The van der Waals surface area contributed by atoms with Gasteiger partial charge in [-0.3, -0.25) is 9.35 Å². The summed E-state index contributed by atoms with van der Waals surface area (Å²) in [6, 6.07) is 36.6. The summed E-state index contributed by atoms with van der Waals surface area (Å²) >= 11 is 0. The number of terminal acetylenes is 1. The highest BCUT2D eigenvalue weighted by molar-refractivity contribution is 7.86. The zero-order chi connectivity index (χ0) is 36.0. The molecule has 0 radical (unpaired) electrons. The molecular formula is C41H30O9S. The molecule has 6 rings (SSSR count). The van der Waals surface area contributed by atoms with E-state index in [-0.39, 0.29) is 23.0 Å². The van der Waals surface area contributed by atoms with Crippen LogP contribution in [0.4, 0.5) is 0 Å². The Balaban J connectivity index is 1.09. The molecule has 0 bridgehead atoms. The first-order chi connectivity index (χ1) is 24.6. The smallest absolute Gasteiger partial charge is 0.298 e. The van der Waals surface area contributed by atoms with Gasteiger partial charge in [0.25, 0.3) is 10.1 Å². The molecule has 1 N–H and O–H groups in total. The summed E-state index contributed by atoms with van der Waals surface area (Å²) in [6.45, 7) is 1.86. The first-order valence-electron chi connectivity index (χ1n) is 15.5. The van der Waals surface area contributed by atoms with Crippen molar-refractivity contribution in [2.45, 2.75) is 11.8 Å². The second-order valence-electron chi connectivity index (χ2n) is 11.2. The third-order valence-electron chi connectivity index (χ3n) is 7.53. The lowest BCUT2D eigenvalue weighted by Gasteiger charge is -2.13. The lowest BCUT2D eigenvalue weighted by molar-refractivity contribution is 0.103. The number of carbonyl (C=O) groups is 1. The van der Waals surface area contributed by atoms with Crippen LogP contribution in [0, 0.1) is 19.3 Å². The molecule has 0 fully saturated rings. The molecule has 0 aliphatic rings. The minimum Gasteiger partial charge on any atom is -0.497 e. The number of rotatable bonds is 12. The first kappa shape index (κ1) is 34.3. The summed E-state index contributed by atoms with van der Waals surface area (Å²) in [7, 11) is -3.10. The minimum absolute atomic E-state index is 0.128. The van der Waals surface area contributed by atoms with Crippen LogP contribution in [-0.2, 0) is 10.1 Å². The fraction of sp³-hybridized carbons (Fsp3) is 0.0488. The van der Waals surface area contributed by atoms with E-state index in [0.29, 0.717) is 45.4 Å². The van der Waals surface area contributed by atoms with Gasteiger partial charge >= 0.3 is 0 Å². The normalized spacial score (nSPS) is 10.9. The SMILES string of the molecule is C#Cc1ccc(C)cc1Oc1ccc(Oc2ccc(C(=O)c3ccc(Oc4ccc(Oc5ccc(OC)cc5)cc4)cc3)cc2)c(S(=O)(=O)O)c1. The molecule has 0 saturated heterocycles. The summed E-state index contributed by atoms with van der Waals surface area (Å²) in [4.78, 5) is 12.7. The van der Waals surface area contributed by atoms with E-state index in [0.717, 1.165) is 17.4 Å². The Labute approximate surface area is 295 Å². The van der Waals surface area contributed by atoms with Crippen molar-refractivity contribution in [3.63, 3.8) is 0 Å². The van der Waals surface area contributed by atoms with Crippen molar-refractivity contribution >= 4 is 15.9 Å². The summed E-state index contributed by atoms with van der Waals surface area (Å²) in [5, 5.41) is 0. The topological polar surface area (TPSA) is 118 Å². The van der Waals surface area contributed by atoms with Crippen LogP contribution in [0.25, 0.3) is 0 Å². The standard InChI is InChI=1S/C41H30O9S/c1-4-28-6-5-27(2)25-39(28)50-37-23-24-38(40(26-37)51(43,44)45)49-36-13-9-30(10-14-36)41(42)29-7-11-32(12-8-29)47-34-19-21-35(22-20-34)48-33-17-15-31(46-3)16-18-33/h1,5-26H,2-3H3,(H,43,44,45). The maximum atomic E-state index is 13.2. The molecule has 0 aliphatic carbocycles.